The number of carbonyl (C=O) groups is 1. The van der Waals surface area contributed by atoms with Crippen molar-refractivity contribution in [3.05, 3.63) is 65.7 Å². The van der Waals surface area contributed by atoms with Gasteiger partial charge in [-0.3, -0.25) is 4.79 Å². The van der Waals surface area contributed by atoms with Gasteiger partial charge in [0, 0.05) is 44.7 Å². The van der Waals surface area contributed by atoms with E-state index in [1.165, 1.54) is 26.2 Å². The molecule has 2 atom stereocenters. The molecule has 1 aliphatic heterocycles. The van der Waals surface area contributed by atoms with Crippen molar-refractivity contribution < 1.29 is 13.2 Å². The Balaban J connectivity index is 1.83. The van der Waals surface area contributed by atoms with Crippen molar-refractivity contribution in [2.24, 2.45) is 5.73 Å². The zero-order valence-corrected chi connectivity index (χ0v) is 15.7. The van der Waals surface area contributed by atoms with E-state index in [4.69, 9.17) is 5.73 Å². The Kier molecular flexibility index (Phi) is 5.13. The molecule has 0 aliphatic carbocycles. The van der Waals surface area contributed by atoms with Crippen LogP contribution >= 0.6 is 0 Å². The molecule has 26 heavy (non-hydrogen) atoms. The highest BCUT2D eigenvalue weighted by atomic mass is 32.2. The fourth-order valence-corrected chi connectivity index (χ4v) is 4.18. The van der Waals surface area contributed by atoms with Gasteiger partial charge in [0.1, 0.15) is 0 Å². The van der Waals surface area contributed by atoms with Crippen molar-refractivity contribution in [1.82, 2.24) is 9.21 Å². The minimum Gasteiger partial charge on any atom is -0.336 e. The van der Waals surface area contributed by atoms with Crippen LogP contribution in [0.4, 0.5) is 0 Å². The molecule has 6 nitrogen and oxygen atoms in total. The van der Waals surface area contributed by atoms with Gasteiger partial charge in [-0.05, 0) is 23.8 Å². The summed E-state index contributed by atoms with van der Waals surface area (Å²) < 4.78 is 25.7. The van der Waals surface area contributed by atoms with Gasteiger partial charge in [-0.25, -0.2) is 12.7 Å². The summed E-state index contributed by atoms with van der Waals surface area (Å²) in [6.45, 7) is 0.970. The maximum Gasteiger partial charge on any atom is 0.253 e. The monoisotopic (exact) mass is 373 g/mol. The highest BCUT2D eigenvalue weighted by Gasteiger charge is 2.34. The minimum absolute atomic E-state index is 0.0776. The Morgan fingerprint density at radius 1 is 1.08 bits per heavy atom. The number of likely N-dealkylation sites (tertiary alicyclic amines) is 1. The van der Waals surface area contributed by atoms with Gasteiger partial charge in [0.25, 0.3) is 5.91 Å². The third kappa shape index (κ3) is 3.51. The molecule has 0 saturated carbocycles. The SMILES string of the molecule is CN(C)S(=O)(=O)c1cccc(C(=O)N2C[C@@H](N)[C@H](c3ccccc3)C2)c1. The third-order valence-corrected chi connectivity index (χ3v) is 6.55. The van der Waals surface area contributed by atoms with E-state index in [2.05, 4.69) is 0 Å². The second kappa shape index (κ2) is 7.19. The number of nitrogens with two attached hydrogens (primary N) is 1. The molecular weight excluding hydrogens is 350 g/mol. The average Bonchev–Trinajstić information content (AvgIpc) is 3.03. The second-order valence-electron chi connectivity index (χ2n) is 6.71. The summed E-state index contributed by atoms with van der Waals surface area (Å²) in [5, 5.41) is 0. The van der Waals surface area contributed by atoms with Crippen molar-refractivity contribution in [2.75, 3.05) is 27.2 Å². The van der Waals surface area contributed by atoms with Gasteiger partial charge >= 0.3 is 0 Å². The highest BCUT2D eigenvalue weighted by molar-refractivity contribution is 7.89. The number of hydrogen-bond acceptors (Lipinski definition) is 4. The smallest absolute Gasteiger partial charge is 0.253 e. The van der Waals surface area contributed by atoms with Crippen LogP contribution in [0.1, 0.15) is 21.8 Å². The lowest BCUT2D eigenvalue weighted by Gasteiger charge is -2.18. The van der Waals surface area contributed by atoms with E-state index in [1.807, 2.05) is 30.3 Å². The van der Waals surface area contributed by atoms with Crippen LogP contribution in [0, 0.1) is 0 Å². The molecule has 2 aromatic rings. The molecule has 1 amide bonds. The molecule has 7 heteroatoms. The molecular formula is C19H23N3O3S. The highest BCUT2D eigenvalue weighted by Crippen LogP contribution is 2.27. The number of nitrogens with zero attached hydrogens (tertiary/aromatic N) is 2. The zero-order valence-electron chi connectivity index (χ0n) is 14.9. The Hall–Kier alpha value is -2.22. The van der Waals surface area contributed by atoms with E-state index in [0.29, 0.717) is 18.7 Å². The first-order valence-corrected chi connectivity index (χ1v) is 9.87. The van der Waals surface area contributed by atoms with Crippen LogP contribution in [-0.2, 0) is 10.0 Å². The summed E-state index contributed by atoms with van der Waals surface area (Å²) in [5.41, 5.74) is 7.73. The van der Waals surface area contributed by atoms with Crippen molar-refractivity contribution in [2.45, 2.75) is 16.9 Å². The van der Waals surface area contributed by atoms with Crippen LogP contribution in [0.3, 0.4) is 0 Å². The summed E-state index contributed by atoms with van der Waals surface area (Å²) >= 11 is 0. The maximum absolute atomic E-state index is 12.9. The van der Waals surface area contributed by atoms with E-state index in [1.54, 1.807) is 17.0 Å². The average molecular weight is 373 g/mol. The summed E-state index contributed by atoms with van der Waals surface area (Å²) in [4.78, 5) is 14.7. The molecule has 2 aromatic carbocycles. The lowest BCUT2D eigenvalue weighted by Crippen LogP contribution is -2.32. The molecule has 138 valence electrons. The summed E-state index contributed by atoms with van der Waals surface area (Å²) in [6.07, 6.45) is 0. The van der Waals surface area contributed by atoms with Crippen LogP contribution in [-0.4, -0.2) is 56.8 Å². The second-order valence-corrected chi connectivity index (χ2v) is 8.86. The largest absolute Gasteiger partial charge is 0.336 e. The first-order chi connectivity index (χ1) is 12.3. The van der Waals surface area contributed by atoms with Crippen LogP contribution in [0.15, 0.2) is 59.5 Å². The lowest BCUT2D eigenvalue weighted by molar-refractivity contribution is 0.0789. The van der Waals surface area contributed by atoms with Crippen molar-refractivity contribution >= 4 is 15.9 Å². The molecule has 0 bridgehead atoms. The Bertz CT molecular complexity index is 897. The molecule has 1 heterocycles. The van der Waals surface area contributed by atoms with Gasteiger partial charge in [-0.1, -0.05) is 36.4 Å². The fourth-order valence-electron chi connectivity index (χ4n) is 3.23. The molecule has 0 unspecified atom stereocenters. The predicted octanol–water partition coefficient (Wildman–Crippen LogP) is 1.50. The number of rotatable bonds is 4. The van der Waals surface area contributed by atoms with Gasteiger partial charge < -0.3 is 10.6 Å². The van der Waals surface area contributed by atoms with Crippen molar-refractivity contribution in [3.8, 4) is 0 Å². The first kappa shape index (κ1) is 18.6. The van der Waals surface area contributed by atoms with E-state index >= 15 is 0 Å². The Labute approximate surface area is 154 Å². The molecule has 0 aromatic heterocycles. The topological polar surface area (TPSA) is 83.7 Å². The van der Waals surface area contributed by atoms with Gasteiger partial charge in [0.15, 0.2) is 0 Å². The van der Waals surface area contributed by atoms with E-state index < -0.39 is 10.0 Å². The molecule has 1 saturated heterocycles. The maximum atomic E-state index is 12.9. The zero-order chi connectivity index (χ0) is 18.9. The molecule has 3 rings (SSSR count). The molecule has 1 fully saturated rings. The fraction of sp³-hybridized carbons (Fsp3) is 0.316. The quantitative estimate of drug-likeness (QED) is 0.880. The van der Waals surface area contributed by atoms with Crippen LogP contribution < -0.4 is 5.73 Å². The summed E-state index contributed by atoms with van der Waals surface area (Å²) in [6, 6.07) is 15.9. The van der Waals surface area contributed by atoms with Crippen LogP contribution in [0.25, 0.3) is 0 Å². The minimum atomic E-state index is -3.58. The summed E-state index contributed by atoms with van der Waals surface area (Å²) in [5.74, 6) is -0.122. The third-order valence-electron chi connectivity index (χ3n) is 4.74. The number of benzene rings is 2. The Morgan fingerprint density at radius 2 is 1.77 bits per heavy atom. The van der Waals surface area contributed by atoms with Gasteiger partial charge in [0.2, 0.25) is 10.0 Å². The van der Waals surface area contributed by atoms with E-state index in [0.717, 1.165) is 9.87 Å². The standard InChI is InChI=1S/C19H23N3O3S/c1-21(2)26(24,25)16-10-6-9-15(11-16)19(23)22-12-17(18(20)13-22)14-7-4-3-5-8-14/h3-11,17-18H,12-13,20H2,1-2H3/t17-,18+/m0/s1. The van der Waals surface area contributed by atoms with Crippen molar-refractivity contribution in [1.29, 1.82) is 0 Å². The predicted molar refractivity (Wildman–Crippen MR) is 100 cm³/mol. The van der Waals surface area contributed by atoms with E-state index in [9.17, 15) is 13.2 Å². The Morgan fingerprint density at radius 3 is 2.42 bits per heavy atom. The van der Waals surface area contributed by atoms with Crippen LogP contribution in [0.5, 0.6) is 0 Å². The number of amides is 1. The van der Waals surface area contributed by atoms with Gasteiger partial charge in [0.05, 0.1) is 4.90 Å². The molecule has 0 spiro atoms. The normalized spacial score (nSPS) is 20.5. The lowest BCUT2D eigenvalue weighted by atomic mass is 9.95. The molecule has 2 N–H and O–H groups in total. The van der Waals surface area contributed by atoms with E-state index in [-0.39, 0.29) is 22.8 Å². The van der Waals surface area contributed by atoms with Gasteiger partial charge in [-0.2, -0.15) is 0 Å². The number of carbonyl (C=O) groups excluding carboxylic acids is 1. The molecule has 0 radical (unpaired) electrons. The van der Waals surface area contributed by atoms with Crippen molar-refractivity contribution in [3.63, 3.8) is 0 Å². The first-order valence-electron chi connectivity index (χ1n) is 8.43. The van der Waals surface area contributed by atoms with Crippen LogP contribution in [0.2, 0.25) is 0 Å². The number of hydrogen-bond donors (Lipinski definition) is 1. The van der Waals surface area contributed by atoms with Gasteiger partial charge in [-0.15, -0.1) is 0 Å². The number of sulfonamides is 1. The summed E-state index contributed by atoms with van der Waals surface area (Å²) in [7, 11) is -0.651. The molecule has 1 aliphatic rings.